The zero-order valence-electron chi connectivity index (χ0n) is 12.4. The third-order valence-electron chi connectivity index (χ3n) is 3.68. The molecule has 22 heavy (non-hydrogen) atoms. The van der Waals surface area contributed by atoms with Crippen LogP contribution >= 0.6 is 0 Å². The molecule has 0 aromatic carbocycles. The van der Waals surface area contributed by atoms with Gasteiger partial charge in [0.1, 0.15) is 5.75 Å². The van der Waals surface area contributed by atoms with Gasteiger partial charge in [0, 0.05) is 18.5 Å². The van der Waals surface area contributed by atoms with Crippen LogP contribution in [0, 0.1) is 22.7 Å². The lowest BCUT2D eigenvalue weighted by Gasteiger charge is -2.28. The molecule has 2 unspecified atom stereocenters. The summed E-state index contributed by atoms with van der Waals surface area (Å²) in [7, 11) is 1.45. The molecule has 1 aliphatic rings. The Morgan fingerprint density at radius 3 is 3.00 bits per heavy atom. The van der Waals surface area contributed by atoms with E-state index in [9.17, 15) is 15.2 Å². The van der Waals surface area contributed by atoms with Crippen molar-refractivity contribution in [3.05, 3.63) is 42.3 Å². The summed E-state index contributed by atoms with van der Waals surface area (Å²) in [4.78, 5) is 16.0. The number of nitriles is 1. The SMILES string of the molecule is COc1cnc(C(=O)NCC2C=CC=CC2(C)C#N)c(O)c1. The van der Waals surface area contributed by atoms with E-state index >= 15 is 0 Å². The Morgan fingerprint density at radius 1 is 1.59 bits per heavy atom. The molecule has 1 aromatic heterocycles. The van der Waals surface area contributed by atoms with Crippen molar-refractivity contribution in [1.82, 2.24) is 10.3 Å². The van der Waals surface area contributed by atoms with Crippen molar-refractivity contribution in [1.29, 1.82) is 5.26 Å². The van der Waals surface area contributed by atoms with Crippen molar-refractivity contribution in [3.63, 3.8) is 0 Å². The summed E-state index contributed by atoms with van der Waals surface area (Å²) in [6.45, 7) is 2.09. The maximum absolute atomic E-state index is 12.1. The van der Waals surface area contributed by atoms with E-state index < -0.39 is 11.3 Å². The lowest BCUT2D eigenvalue weighted by molar-refractivity contribution is 0.0937. The highest BCUT2D eigenvalue weighted by Gasteiger charge is 2.32. The van der Waals surface area contributed by atoms with E-state index in [-0.39, 0.29) is 23.9 Å². The summed E-state index contributed by atoms with van der Waals surface area (Å²) in [5.41, 5.74) is -0.744. The van der Waals surface area contributed by atoms with Gasteiger partial charge in [-0.05, 0) is 6.92 Å². The smallest absolute Gasteiger partial charge is 0.273 e. The standard InChI is InChI=1S/C16H17N3O3/c1-16(10-17)6-4-3-5-11(16)8-19-15(21)14-13(20)7-12(22-2)9-18-14/h3-7,9,11,20H,8H2,1-2H3,(H,19,21). The van der Waals surface area contributed by atoms with Crippen LogP contribution in [0.3, 0.4) is 0 Å². The number of aromatic hydroxyl groups is 1. The molecule has 2 N–H and O–H groups in total. The second kappa shape index (κ2) is 6.31. The van der Waals surface area contributed by atoms with Gasteiger partial charge in [0.2, 0.25) is 0 Å². The predicted molar refractivity (Wildman–Crippen MR) is 80.3 cm³/mol. The van der Waals surface area contributed by atoms with E-state index in [0.717, 1.165) is 0 Å². The van der Waals surface area contributed by atoms with Crippen LogP contribution in [-0.2, 0) is 0 Å². The minimum Gasteiger partial charge on any atom is -0.505 e. The van der Waals surface area contributed by atoms with E-state index in [2.05, 4.69) is 16.4 Å². The highest BCUT2D eigenvalue weighted by atomic mass is 16.5. The van der Waals surface area contributed by atoms with Gasteiger partial charge in [-0.15, -0.1) is 0 Å². The minimum absolute atomic E-state index is 0.0743. The van der Waals surface area contributed by atoms with Crippen LogP contribution in [0.2, 0.25) is 0 Å². The van der Waals surface area contributed by atoms with Crippen LogP contribution in [-0.4, -0.2) is 29.7 Å². The van der Waals surface area contributed by atoms with Crippen LogP contribution in [0.5, 0.6) is 11.5 Å². The molecule has 114 valence electrons. The molecule has 2 rings (SSSR count). The molecule has 0 aliphatic heterocycles. The van der Waals surface area contributed by atoms with Crippen molar-refractivity contribution in [3.8, 4) is 17.6 Å². The lowest BCUT2D eigenvalue weighted by Crippen LogP contribution is -2.36. The molecule has 6 heteroatoms. The third kappa shape index (κ3) is 3.09. The highest BCUT2D eigenvalue weighted by Crippen LogP contribution is 2.32. The maximum Gasteiger partial charge on any atom is 0.273 e. The zero-order valence-corrected chi connectivity index (χ0v) is 12.4. The average Bonchev–Trinajstić information content (AvgIpc) is 2.53. The molecule has 0 saturated carbocycles. The summed E-state index contributed by atoms with van der Waals surface area (Å²) in [5.74, 6) is -0.527. The van der Waals surface area contributed by atoms with Gasteiger partial charge in [0.05, 0.1) is 24.8 Å². The summed E-state index contributed by atoms with van der Waals surface area (Å²) >= 11 is 0. The summed E-state index contributed by atoms with van der Waals surface area (Å²) in [6, 6.07) is 3.57. The number of methoxy groups -OCH3 is 1. The number of hydrogen-bond acceptors (Lipinski definition) is 5. The monoisotopic (exact) mass is 299 g/mol. The Labute approximate surface area is 128 Å². The first-order chi connectivity index (χ1) is 10.5. The summed E-state index contributed by atoms with van der Waals surface area (Å²) in [5, 5.41) is 21.8. The molecule has 0 fully saturated rings. The van der Waals surface area contributed by atoms with Gasteiger partial charge in [-0.2, -0.15) is 5.26 Å². The number of ether oxygens (including phenoxy) is 1. The topological polar surface area (TPSA) is 95.2 Å². The Balaban J connectivity index is 2.06. The molecule has 1 aliphatic carbocycles. The number of carbonyl (C=O) groups is 1. The predicted octanol–water partition coefficient (Wildman–Crippen LogP) is 1.80. The number of rotatable bonds is 4. The zero-order chi connectivity index (χ0) is 16.2. The molecule has 1 aromatic rings. The summed E-state index contributed by atoms with van der Waals surface area (Å²) < 4.78 is 4.92. The van der Waals surface area contributed by atoms with E-state index in [1.54, 1.807) is 0 Å². The molecule has 0 radical (unpaired) electrons. The Morgan fingerprint density at radius 2 is 2.36 bits per heavy atom. The van der Waals surface area contributed by atoms with E-state index in [1.807, 2.05) is 31.2 Å². The lowest BCUT2D eigenvalue weighted by atomic mass is 9.75. The van der Waals surface area contributed by atoms with Crippen molar-refractivity contribution < 1.29 is 14.6 Å². The van der Waals surface area contributed by atoms with Crippen LogP contribution in [0.1, 0.15) is 17.4 Å². The first-order valence-electron chi connectivity index (χ1n) is 6.78. The fourth-order valence-corrected chi connectivity index (χ4v) is 2.19. The molecule has 0 spiro atoms. The molecule has 6 nitrogen and oxygen atoms in total. The van der Waals surface area contributed by atoms with Crippen LogP contribution in [0.25, 0.3) is 0 Å². The fraction of sp³-hybridized carbons (Fsp3) is 0.312. The van der Waals surface area contributed by atoms with Gasteiger partial charge in [-0.1, -0.05) is 24.3 Å². The van der Waals surface area contributed by atoms with Crippen molar-refractivity contribution in [2.45, 2.75) is 6.92 Å². The first-order valence-corrected chi connectivity index (χ1v) is 6.78. The largest absolute Gasteiger partial charge is 0.505 e. The van der Waals surface area contributed by atoms with Gasteiger partial charge in [0.25, 0.3) is 5.91 Å². The second-order valence-corrected chi connectivity index (χ2v) is 5.20. The molecule has 0 saturated heterocycles. The number of pyridine rings is 1. The van der Waals surface area contributed by atoms with Gasteiger partial charge in [-0.25, -0.2) is 4.98 Å². The Hall–Kier alpha value is -2.81. The first kappa shape index (κ1) is 15.6. The van der Waals surface area contributed by atoms with Gasteiger partial charge in [-0.3, -0.25) is 4.79 Å². The number of carbonyl (C=O) groups excluding carboxylic acids is 1. The molecule has 2 atom stereocenters. The minimum atomic E-state index is -0.669. The molecule has 1 amide bonds. The van der Waals surface area contributed by atoms with Gasteiger partial charge < -0.3 is 15.2 Å². The number of nitrogens with zero attached hydrogens (tertiary/aromatic N) is 2. The number of hydrogen-bond donors (Lipinski definition) is 2. The normalized spacial score (nSPS) is 22.9. The van der Waals surface area contributed by atoms with Crippen molar-refractivity contribution in [2.75, 3.05) is 13.7 Å². The van der Waals surface area contributed by atoms with E-state index in [1.165, 1.54) is 19.4 Å². The Kier molecular flexibility index (Phi) is 4.47. The molecular formula is C16H17N3O3. The van der Waals surface area contributed by atoms with Crippen molar-refractivity contribution >= 4 is 5.91 Å². The Bertz CT molecular complexity index is 676. The van der Waals surface area contributed by atoms with Crippen LogP contribution in [0.4, 0.5) is 0 Å². The van der Waals surface area contributed by atoms with Crippen molar-refractivity contribution in [2.24, 2.45) is 11.3 Å². The number of nitrogens with one attached hydrogen (secondary N) is 1. The average molecular weight is 299 g/mol. The second-order valence-electron chi connectivity index (χ2n) is 5.20. The molecule has 1 heterocycles. The third-order valence-corrected chi connectivity index (χ3v) is 3.68. The number of allylic oxidation sites excluding steroid dienone is 3. The van der Waals surface area contributed by atoms with E-state index in [4.69, 9.17) is 4.74 Å². The van der Waals surface area contributed by atoms with Gasteiger partial charge >= 0.3 is 0 Å². The number of amides is 1. The quantitative estimate of drug-likeness (QED) is 0.884. The molecular weight excluding hydrogens is 282 g/mol. The van der Waals surface area contributed by atoms with Crippen LogP contribution < -0.4 is 10.1 Å². The van der Waals surface area contributed by atoms with Gasteiger partial charge in [0.15, 0.2) is 11.4 Å². The summed E-state index contributed by atoms with van der Waals surface area (Å²) in [6.07, 6.45) is 8.71. The van der Waals surface area contributed by atoms with E-state index in [0.29, 0.717) is 5.75 Å². The molecule has 0 bridgehead atoms. The maximum atomic E-state index is 12.1. The number of aromatic nitrogens is 1. The highest BCUT2D eigenvalue weighted by molar-refractivity contribution is 5.94. The van der Waals surface area contributed by atoms with Crippen LogP contribution in [0.15, 0.2) is 36.6 Å². The fourth-order valence-electron chi connectivity index (χ4n) is 2.19.